The van der Waals surface area contributed by atoms with Gasteiger partial charge in [0.2, 0.25) is 0 Å². The second-order valence-corrected chi connectivity index (χ2v) is 9.41. The van der Waals surface area contributed by atoms with E-state index in [2.05, 4.69) is 21.5 Å². The van der Waals surface area contributed by atoms with E-state index in [1.165, 1.54) is 29.5 Å². The molecule has 1 amide bonds. The first kappa shape index (κ1) is 21.4. The Balaban J connectivity index is 1.15. The first-order valence-electron chi connectivity index (χ1n) is 12.2. The molecule has 8 heteroatoms. The van der Waals surface area contributed by atoms with Gasteiger partial charge in [-0.1, -0.05) is 6.07 Å². The van der Waals surface area contributed by atoms with Crippen LogP contribution in [-0.2, 0) is 35.4 Å². The summed E-state index contributed by atoms with van der Waals surface area (Å²) in [5, 5.41) is 7.85. The van der Waals surface area contributed by atoms with Gasteiger partial charge in [0.05, 0.1) is 38.6 Å². The molecule has 3 heterocycles. The van der Waals surface area contributed by atoms with Crippen molar-refractivity contribution < 1.29 is 14.3 Å². The predicted molar refractivity (Wildman–Crippen MR) is 125 cm³/mol. The number of nitrogens with one attached hydrogen (secondary N) is 1. The molecule has 0 radical (unpaired) electrons. The predicted octanol–water partition coefficient (Wildman–Crippen LogP) is 3.05. The maximum Gasteiger partial charge on any atom is 0.251 e. The topological polar surface area (TPSA) is 91.2 Å². The molecule has 1 saturated heterocycles. The van der Waals surface area contributed by atoms with Crippen molar-refractivity contribution in [3.05, 3.63) is 64.9 Å². The number of ether oxygens (including phenoxy) is 2. The zero-order valence-corrected chi connectivity index (χ0v) is 19.2. The molecule has 2 fully saturated rings. The minimum atomic E-state index is -0.109. The molecule has 1 aromatic carbocycles. The summed E-state index contributed by atoms with van der Waals surface area (Å²) in [6.07, 6.45) is 11.3. The Morgan fingerprint density at radius 3 is 2.76 bits per heavy atom. The third-order valence-electron chi connectivity index (χ3n) is 6.81. The van der Waals surface area contributed by atoms with Crippen LogP contribution in [0.1, 0.15) is 58.1 Å². The van der Waals surface area contributed by atoms with Crippen LogP contribution in [0.15, 0.2) is 36.8 Å². The molecular formula is C26H29N5O3. The molecular weight excluding hydrogens is 430 g/mol. The van der Waals surface area contributed by atoms with Crippen LogP contribution in [0.2, 0.25) is 0 Å². The van der Waals surface area contributed by atoms with Gasteiger partial charge in [-0.2, -0.15) is 5.10 Å². The van der Waals surface area contributed by atoms with Crippen molar-refractivity contribution in [3.8, 4) is 11.3 Å². The Morgan fingerprint density at radius 2 is 1.97 bits per heavy atom. The lowest BCUT2D eigenvalue weighted by molar-refractivity contribution is -0.0946. The SMILES string of the molecule is O=C(NCc1ncc(C2CC2)cn1)c1ccc2c(c1)CCCc1cn(C[C@H]3COCCO3)nc1-2. The molecule has 6 rings (SSSR count). The molecule has 2 aromatic heterocycles. The summed E-state index contributed by atoms with van der Waals surface area (Å²) in [5.74, 6) is 1.15. The summed E-state index contributed by atoms with van der Waals surface area (Å²) in [6, 6.07) is 5.93. The summed E-state index contributed by atoms with van der Waals surface area (Å²) in [4.78, 5) is 21.6. The molecule has 176 valence electrons. The summed E-state index contributed by atoms with van der Waals surface area (Å²) in [5.41, 5.74) is 6.40. The minimum absolute atomic E-state index is 0.0386. The Morgan fingerprint density at radius 1 is 1.12 bits per heavy atom. The molecule has 34 heavy (non-hydrogen) atoms. The highest BCUT2D eigenvalue weighted by Gasteiger charge is 2.24. The summed E-state index contributed by atoms with van der Waals surface area (Å²) >= 11 is 0. The number of carbonyl (C=O) groups excluding carboxylic acids is 1. The third kappa shape index (κ3) is 4.60. The van der Waals surface area contributed by atoms with Crippen molar-refractivity contribution in [2.24, 2.45) is 0 Å². The molecule has 2 aliphatic carbocycles. The molecule has 0 unspecified atom stereocenters. The molecule has 8 nitrogen and oxygen atoms in total. The van der Waals surface area contributed by atoms with Crippen molar-refractivity contribution in [1.82, 2.24) is 25.1 Å². The van der Waals surface area contributed by atoms with E-state index in [0.717, 1.165) is 30.5 Å². The molecule has 1 atom stereocenters. The van der Waals surface area contributed by atoms with E-state index in [1.54, 1.807) is 0 Å². The van der Waals surface area contributed by atoms with Gasteiger partial charge in [0.25, 0.3) is 5.91 Å². The lowest BCUT2D eigenvalue weighted by atomic mass is 9.99. The average molecular weight is 460 g/mol. The third-order valence-corrected chi connectivity index (χ3v) is 6.81. The zero-order chi connectivity index (χ0) is 22.9. The fourth-order valence-corrected chi connectivity index (χ4v) is 4.80. The van der Waals surface area contributed by atoms with Crippen LogP contribution < -0.4 is 5.32 Å². The summed E-state index contributed by atoms with van der Waals surface area (Å²) in [6.45, 7) is 2.91. The number of aryl methyl sites for hydroxylation is 2. The number of nitrogens with zero attached hydrogens (tertiary/aromatic N) is 4. The molecule has 3 aliphatic rings. The maximum absolute atomic E-state index is 12.8. The lowest BCUT2D eigenvalue weighted by Gasteiger charge is -2.22. The fourth-order valence-electron chi connectivity index (χ4n) is 4.80. The van der Waals surface area contributed by atoms with Crippen LogP contribution in [0.3, 0.4) is 0 Å². The first-order valence-corrected chi connectivity index (χ1v) is 12.2. The van der Waals surface area contributed by atoms with Crippen LogP contribution in [-0.4, -0.2) is 51.6 Å². The lowest BCUT2D eigenvalue weighted by Crippen LogP contribution is -2.32. The van der Waals surface area contributed by atoms with Crippen molar-refractivity contribution in [2.75, 3.05) is 19.8 Å². The average Bonchev–Trinajstić information content (AvgIpc) is 3.67. The molecule has 0 bridgehead atoms. The molecule has 1 N–H and O–H groups in total. The van der Waals surface area contributed by atoms with E-state index in [0.29, 0.717) is 50.2 Å². The van der Waals surface area contributed by atoms with Crippen molar-refractivity contribution >= 4 is 5.91 Å². The largest absolute Gasteiger partial charge is 0.376 e. The van der Waals surface area contributed by atoms with Gasteiger partial charge in [-0.3, -0.25) is 9.48 Å². The summed E-state index contributed by atoms with van der Waals surface area (Å²) < 4.78 is 13.3. The highest BCUT2D eigenvalue weighted by Crippen LogP contribution is 2.39. The number of aromatic nitrogens is 4. The van der Waals surface area contributed by atoms with Crippen molar-refractivity contribution in [2.45, 2.75) is 57.2 Å². The standard InChI is InChI=1S/C26H29N5O3/c32-26(29-13-24-27-11-21(12-28-24)17-4-5-17)19-6-7-23-18(10-19)2-1-3-20-14-31(30-25(20)23)15-22-16-33-8-9-34-22/h6-7,10-12,14,17,22H,1-5,8-9,13,15-16H2,(H,29,32)/t22-/m0/s1. The smallest absolute Gasteiger partial charge is 0.251 e. The Labute approximate surface area is 198 Å². The summed E-state index contributed by atoms with van der Waals surface area (Å²) in [7, 11) is 0. The van der Waals surface area contributed by atoms with Gasteiger partial charge in [-0.25, -0.2) is 9.97 Å². The number of hydrogen-bond donors (Lipinski definition) is 1. The van der Waals surface area contributed by atoms with Gasteiger partial charge < -0.3 is 14.8 Å². The van der Waals surface area contributed by atoms with Crippen LogP contribution in [0, 0.1) is 0 Å². The molecule has 1 aliphatic heterocycles. The van der Waals surface area contributed by atoms with Crippen molar-refractivity contribution in [1.29, 1.82) is 0 Å². The number of hydrogen-bond acceptors (Lipinski definition) is 6. The molecule has 0 spiro atoms. The van der Waals surface area contributed by atoms with Gasteiger partial charge in [-0.15, -0.1) is 0 Å². The minimum Gasteiger partial charge on any atom is -0.376 e. The van der Waals surface area contributed by atoms with E-state index in [1.807, 2.05) is 35.3 Å². The first-order chi connectivity index (χ1) is 16.7. The second kappa shape index (κ2) is 9.27. The van der Waals surface area contributed by atoms with Gasteiger partial charge in [0.15, 0.2) is 0 Å². The number of carbonyl (C=O) groups is 1. The van der Waals surface area contributed by atoms with Gasteiger partial charge >= 0.3 is 0 Å². The number of rotatable bonds is 6. The highest BCUT2D eigenvalue weighted by atomic mass is 16.6. The van der Waals surface area contributed by atoms with Crippen LogP contribution in [0.4, 0.5) is 0 Å². The van der Waals surface area contributed by atoms with Crippen LogP contribution in [0.5, 0.6) is 0 Å². The number of amides is 1. The highest BCUT2D eigenvalue weighted by molar-refractivity contribution is 5.95. The number of benzene rings is 1. The van der Waals surface area contributed by atoms with Crippen molar-refractivity contribution in [3.63, 3.8) is 0 Å². The monoisotopic (exact) mass is 459 g/mol. The maximum atomic E-state index is 12.8. The van der Waals surface area contributed by atoms with E-state index >= 15 is 0 Å². The number of fused-ring (bicyclic) bond motifs is 3. The Hall–Kier alpha value is -3.10. The van der Waals surface area contributed by atoms with Crippen LogP contribution >= 0.6 is 0 Å². The van der Waals surface area contributed by atoms with E-state index < -0.39 is 0 Å². The second-order valence-electron chi connectivity index (χ2n) is 9.41. The Kier molecular flexibility index (Phi) is 5.84. The van der Waals surface area contributed by atoms with E-state index in [4.69, 9.17) is 14.6 Å². The quantitative estimate of drug-likeness (QED) is 0.609. The Bertz CT molecular complexity index is 1180. The zero-order valence-electron chi connectivity index (χ0n) is 19.2. The van der Waals surface area contributed by atoms with Gasteiger partial charge in [-0.05, 0) is 66.8 Å². The normalized spacial score (nSPS) is 19.7. The fraction of sp³-hybridized carbons (Fsp3) is 0.462. The van der Waals surface area contributed by atoms with Crippen LogP contribution in [0.25, 0.3) is 11.3 Å². The van der Waals surface area contributed by atoms with Gasteiger partial charge in [0.1, 0.15) is 11.9 Å². The molecule has 3 aromatic rings. The van der Waals surface area contributed by atoms with E-state index in [9.17, 15) is 4.79 Å². The van der Waals surface area contributed by atoms with E-state index in [-0.39, 0.29) is 12.0 Å². The molecule has 1 saturated carbocycles. The van der Waals surface area contributed by atoms with Gasteiger partial charge in [0, 0.05) is 29.7 Å².